The van der Waals surface area contributed by atoms with E-state index in [0.717, 1.165) is 43.6 Å². The predicted octanol–water partition coefficient (Wildman–Crippen LogP) is 2.31. The summed E-state index contributed by atoms with van der Waals surface area (Å²) in [5.74, 6) is 2.66. The second-order valence-corrected chi connectivity index (χ2v) is 8.49. The highest BCUT2D eigenvalue weighted by molar-refractivity contribution is 5.80. The predicted molar refractivity (Wildman–Crippen MR) is 103 cm³/mol. The summed E-state index contributed by atoms with van der Waals surface area (Å²) in [6.07, 6.45) is 7.47. The number of hydrogen-bond acceptors (Lipinski definition) is 4. The van der Waals surface area contributed by atoms with Gasteiger partial charge in [0.05, 0.1) is 6.10 Å². The second kappa shape index (κ2) is 8.37. The van der Waals surface area contributed by atoms with Gasteiger partial charge in [0, 0.05) is 26.2 Å². The average Bonchev–Trinajstić information content (AvgIpc) is 3.23. The molecule has 0 aromatic carbocycles. The minimum Gasteiger partial charge on any atom is -0.376 e. The van der Waals surface area contributed by atoms with Gasteiger partial charge >= 0.3 is 0 Å². The van der Waals surface area contributed by atoms with Crippen LogP contribution in [0, 0.1) is 12.3 Å². The normalized spacial score (nSPS) is 24.0. The first kappa shape index (κ1) is 19.1. The molecule has 1 saturated carbocycles. The maximum Gasteiger partial charge on any atom is 0.192 e. The van der Waals surface area contributed by atoms with Crippen LogP contribution in [0.3, 0.4) is 0 Å². The molecule has 2 aliphatic rings. The van der Waals surface area contributed by atoms with Crippen LogP contribution >= 0.6 is 0 Å². The molecule has 7 heteroatoms. The Morgan fingerprint density at radius 1 is 1.27 bits per heavy atom. The molecule has 2 N–H and O–H groups in total. The van der Waals surface area contributed by atoms with Crippen molar-refractivity contribution in [3.05, 3.63) is 11.6 Å². The summed E-state index contributed by atoms with van der Waals surface area (Å²) in [4.78, 5) is 4.78. The molecule has 2 heterocycles. The SMILES string of the molecule is Cc1nnc(CN=C(NCC2CCCO2)NC2CCC(C)(C)CC2)n1C. The Hall–Kier alpha value is -1.63. The Morgan fingerprint density at radius 2 is 2.04 bits per heavy atom. The second-order valence-electron chi connectivity index (χ2n) is 8.49. The summed E-state index contributed by atoms with van der Waals surface area (Å²) >= 11 is 0. The molecule has 1 aromatic heterocycles. The van der Waals surface area contributed by atoms with Crippen LogP contribution in [0.4, 0.5) is 0 Å². The van der Waals surface area contributed by atoms with Crippen LogP contribution in [0.2, 0.25) is 0 Å². The Morgan fingerprint density at radius 3 is 2.65 bits per heavy atom. The van der Waals surface area contributed by atoms with E-state index in [1.54, 1.807) is 0 Å². The third-order valence-electron chi connectivity index (χ3n) is 5.76. The van der Waals surface area contributed by atoms with E-state index in [9.17, 15) is 0 Å². The van der Waals surface area contributed by atoms with E-state index in [1.807, 2.05) is 18.5 Å². The number of nitrogens with zero attached hydrogens (tertiary/aromatic N) is 4. The molecule has 26 heavy (non-hydrogen) atoms. The highest BCUT2D eigenvalue weighted by Gasteiger charge is 2.27. The van der Waals surface area contributed by atoms with E-state index in [1.165, 1.54) is 25.7 Å². The van der Waals surface area contributed by atoms with Gasteiger partial charge in [0.1, 0.15) is 12.4 Å². The first-order valence-electron chi connectivity index (χ1n) is 9.94. The Labute approximate surface area is 157 Å². The number of aromatic nitrogens is 3. The topological polar surface area (TPSA) is 76.4 Å². The number of hydrogen-bond donors (Lipinski definition) is 2. The number of aliphatic imine (C=N–C) groups is 1. The molecule has 0 amide bonds. The van der Waals surface area contributed by atoms with Gasteiger partial charge in [0.15, 0.2) is 11.8 Å². The Kier molecular flexibility index (Phi) is 6.16. The van der Waals surface area contributed by atoms with Crippen molar-refractivity contribution in [1.82, 2.24) is 25.4 Å². The van der Waals surface area contributed by atoms with Crippen molar-refractivity contribution in [2.75, 3.05) is 13.2 Å². The highest BCUT2D eigenvalue weighted by atomic mass is 16.5. The van der Waals surface area contributed by atoms with Crippen LogP contribution in [-0.4, -0.2) is 46.0 Å². The number of guanidine groups is 1. The van der Waals surface area contributed by atoms with E-state index in [-0.39, 0.29) is 0 Å². The van der Waals surface area contributed by atoms with Gasteiger partial charge in [-0.25, -0.2) is 4.99 Å². The lowest BCUT2D eigenvalue weighted by Crippen LogP contribution is -2.47. The largest absolute Gasteiger partial charge is 0.376 e. The summed E-state index contributed by atoms with van der Waals surface area (Å²) < 4.78 is 7.72. The van der Waals surface area contributed by atoms with Gasteiger partial charge in [0.2, 0.25) is 0 Å². The molecule has 2 fully saturated rings. The molecule has 7 nitrogen and oxygen atoms in total. The van der Waals surface area contributed by atoms with Gasteiger partial charge in [-0.3, -0.25) is 0 Å². The van der Waals surface area contributed by atoms with Crippen LogP contribution < -0.4 is 10.6 Å². The van der Waals surface area contributed by atoms with Gasteiger partial charge in [-0.1, -0.05) is 13.8 Å². The van der Waals surface area contributed by atoms with Crippen molar-refractivity contribution < 1.29 is 4.74 Å². The van der Waals surface area contributed by atoms with E-state index in [4.69, 9.17) is 9.73 Å². The summed E-state index contributed by atoms with van der Waals surface area (Å²) in [6, 6.07) is 0.486. The average molecular weight is 363 g/mol. The number of ether oxygens (including phenoxy) is 1. The molecule has 146 valence electrons. The fourth-order valence-electron chi connectivity index (χ4n) is 3.64. The van der Waals surface area contributed by atoms with E-state index in [0.29, 0.717) is 24.1 Å². The molecular formula is C19H34N6O. The van der Waals surface area contributed by atoms with E-state index < -0.39 is 0 Å². The van der Waals surface area contributed by atoms with Gasteiger partial charge in [-0.2, -0.15) is 0 Å². The van der Waals surface area contributed by atoms with Gasteiger partial charge in [-0.05, 0) is 50.9 Å². The third-order valence-corrected chi connectivity index (χ3v) is 5.76. The first-order valence-corrected chi connectivity index (χ1v) is 9.94. The van der Waals surface area contributed by atoms with Gasteiger partial charge in [-0.15, -0.1) is 10.2 Å². The lowest BCUT2D eigenvalue weighted by atomic mass is 9.75. The van der Waals surface area contributed by atoms with Crippen molar-refractivity contribution >= 4 is 5.96 Å². The molecule has 0 radical (unpaired) electrons. The Balaban J connectivity index is 1.60. The van der Waals surface area contributed by atoms with Crippen LogP contribution in [0.5, 0.6) is 0 Å². The van der Waals surface area contributed by atoms with E-state index in [2.05, 4.69) is 34.7 Å². The fraction of sp³-hybridized carbons (Fsp3) is 0.842. The summed E-state index contributed by atoms with van der Waals surface area (Å²) in [6.45, 7) is 8.90. The van der Waals surface area contributed by atoms with E-state index >= 15 is 0 Å². The number of rotatable bonds is 5. The third kappa shape index (κ3) is 5.19. The summed E-state index contributed by atoms with van der Waals surface area (Å²) in [5.41, 5.74) is 0.469. The smallest absolute Gasteiger partial charge is 0.192 e. The van der Waals surface area contributed by atoms with Crippen molar-refractivity contribution in [2.24, 2.45) is 17.5 Å². The van der Waals surface area contributed by atoms with Crippen molar-refractivity contribution in [3.8, 4) is 0 Å². The molecular weight excluding hydrogens is 328 g/mol. The molecule has 3 rings (SSSR count). The Bertz CT molecular complexity index is 608. The number of nitrogens with one attached hydrogen (secondary N) is 2. The molecule has 1 aliphatic carbocycles. The van der Waals surface area contributed by atoms with Crippen molar-refractivity contribution in [2.45, 2.75) is 78.0 Å². The monoisotopic (exact) mass is 362 g/mol. The maximum absolute atomic E-state index is 5.73. The molecule has 1 aromatic rings. The van der Waals surface area contributed by atoms with Crippen LogP contribution in [0.25, 0.3) is 0 Å². The first-order chi connectivity index (χ1) is 12.4. The van der Waals surface area contributed by atoms with Crippen molar-refractivity contribution in [1.29, 1.82) is 0 Å². The fourth-order valence-corrected chi connectivity index (χ4v) is 3.64. The van der Waals surface area contributed by atoms with Gasteiger partial charge in [0.25, 0.3) is 0 Å². The highest BCUT2D eigenvalue weighted by Crippen LogP contribution is 2.34. The minimum absolute atomic E-state index is 0.296. The zero-order chi connectivity index (χ0) is 18.6. The van der Waals surface area contributed by atoms with Crippen LogP contribution in [0.1, 0.15) is 64.0 Å². The maximum atomic E-state index is 5.73. The zero-order valence-corrected chi connectivity index (χ0v) is 16.7. The summed E-state index contributed by atoms with van der Waals surface area (Å²) in [5, 5.41) is 15.5. The minimum atomic E-state index is 0.296. The molecule has 1 atom stereocenters. The van der Waals surface area contributed by atoms with Crippen molar-refractivity contribution in [3.63, 3.8) is 0 Å². The zero-order valence-electron chi connectivity index (χ0n) is 16.7. The van der Waals surface area contributed by atoms with Gasteiger partial charge < -0.3 is 19.9 Å². The molecule has 1 unspecified atom stereocenters. The summed E-state index contributed by atoms with van der Waals surface area (Å²) in [7, 11) is 1.98. The lowest BCUT2D eigenvalue weighted by molar-refractivity contribution is 0.113. The standard InChI is InChI=1S/C19H34N6O/c1-14-23-24-17(25(14)4)13-21-18(20-12-16-6-5-11-26-16)22-15-7-9-19(2,3)10-8-15/h15-16H,5-13H2,1-4H3,(H2,20,21,22). The molecule has 0 spiro atoms. The quantitative estimate of drug-likeness (QED) is 0.621. The number of aryl methyl sites for hydroxylation is 1. The molecule has 0 bridgehead atoms. The molecule has 1 aliphatic heterocycles. The lowest BCUT2D eigenvalue weighted by Gasteiger charge is -2.35. The van der Waals surface area contributed by atoms with Crippen LogP contribution in [0.15, 0.2) is 4.99 Å². The molecule has 1 saturated heterocycles. The van der Waals surface area contributed by atoms with Crippen LogP contribution in [-0.2, 0) is 18.3 Å².